The maximum absolute atomic E-state index is 9.45. The molecule has 1 heterocycles. The van der Waals surface area contributed by atoms with Crippen LogP contribution in [0.1, 0.15) is 24.0 Å². The first-order valence-corrected chi connectivity index (χ1v) is 7.84. The quantitative estimate of drug-likeness (QED) is 0.782. The van der Waals surface area contributed by atoms with E-state index in [1.165, 1.54) is 11.1 Å². The van der Waals surface area contributed by atoms with Gasteiger partial charge in [-0.15, -0.1) is 0 Å². The van der Waals surface area contributed by atoms with Gasteiger partial charge in [0.2, 0.25) is 0 Å². The molecule has 0 atom stereocenters. The van der Waals surface area contributed by atoms with Crippen LogP contribution in [-0.2, 0) is 4.74 Å². The fourth-order valence-corrected chi connectivity index (χ4v) is 2.67. The van der Waals surface area contributed by atoms with Gasteiger partial charge in [0, 0.05) is 19.6 Å². The van der Waals surface area contributed by atoms with Crippen molar-refractivity contribution in [3.63, 3.8) is 0 Å². The summed E-state index contributed by atoms with van der Waals surface area (Å²) in [4.78, 5) is 2.35. The number of hydrogen-bond donors (Lipinski definition) is 1. The normalized spacial score (nSPS) is 17.1. The van der Waals surface area contributed by atoms with Crippen molar-refractivity contribution in [3.8, 4) is 5.75 Å². The second-order valence-corrected chi connectivity index (χ2v) is 5.75. The van der Waals surface area contributed by atoms with Crippen LogP contribution in [0.5, 0.6) is 5.75 Å². The lowest BCUT2D eigenvalue weighted by molar-refractivity contribution is 0.0479. The number of nitrogens with zero attached hydrogens (tertiary/aromatic N) is 1. The fraction of sp³-hybridized carbons (Fsp3) is 0.647. The molecule has 0 unspecified atom stereocenters. The topological polar surface area (TPSA) is 41.9 Å². The molecule has 118 valence electrons. The Balaban J connectivity index is 1.56. The Morgan fingerprint density at radius 1 is 1.10 bits per heavy atom. The van der Waals surface area contributed by atoms with E-state index >= 15 is 0 Å². The third-order valence-corrected chi connectivity index (χ3v) is 3.99. The van der Waals surface area contributed by atoms with E-state index < -0.39 is 0 Å². The molecule has 1 aromatic rings. The van der Waals surface area contributed by atoms with Crippen molar-refractivity contribution < 1.29 is 14.6 Å². The molecule has 1 aromatic carbocycles. The Morgan fingerprint density at radius 2 is 1.76 bits per heavy atom. The minimum atomic E-state index is -0.104. The number of aliphatic hydroxyl groups is 1. The van der Waals surface area contributed by atoms with Gasteiger partial charge < -0.3 is 19.5 Å². The molecule has 0 spiro atoms. The van der Waals surface area contributed by atoms with Crippen molar-refractivity contribution in [2.45, 2.75) is 32.8 Å². The lowest BCUT2D eigenvalue weighted by atomic mass is 10.1. The molecule has 1 aliphatic heterocycles. The summed E-state index contributed by atoms with van der Waals surface area (Å²) in [6.45, 7) is 8.95. The zero-order valence-corrected chi connectivity index (χ0v) is 13.2. The largest absolute Gasteiger partial charge is 0.491 e. The van der Waals surface area contributed by atoms with Gasteiger partial charge in [0.1, 0.15) is 12.4 Å². The number of ether oxygens (including phenoxy) is 2. The van der Waals surface area contributed by atoms with Crippen LogP contribution in [0, 0.1) is 13.8 Å². The zero-order chi connectivity index (χ0) is 15.1. The third-order valence-electron chi connectivity index (χ3n) is 3.99. The van der Waals surface area contributed by atoms with Gasteiger partial charge in [0.25, 0.3) is 0 Å². The summed E-state index contributed by atoms with van der Waals surface area (Å²) >= 11 is 0. The maximum Gasteiger partial charge on any atom is 0.125 e. The molecule has 1 N–H and O–H groups in total. The van der Waals surface area contributed by atoms with E-state index in [-0.39, 0.29) is 6.10 Å². The SMILES string of the molecule is Cc1cccc(C)c1OCCOCCN1CCC(O)CC1. The number of piperidine rings is 1. The van der Waals surface area contributed by atoms with Crippen molar-refractivity contribution >= 4 is 0 Å². The van der Waals surface area contributed by atoms with Crippen molar-refractivity contribution in [3.05, 3.63) is 29.3 Å². The van der Waals surface area contributed by atoms with Crippen molar-refractivity contribution in [1.82, 2.24) is 4.90 Å². The molecule has 1 aliphatic rings. The average molecular weight is 293 g/mol. The van der Waals surface area contributed by atoms with E-state index in [0.29, 0.717) is 13.2 Å². The van der Waals surface area contributed by atoms with E-state index in [1.807, 2.05) is 6.07 Å². The number of aliphatic hydroxyl groups excluding tert-OH is 1. The number of likely N-dealkylation sites (tertiary alicyclic amines) is 1. The highest BCUT2D eigenvalue weighted by Gasteiger charge is 2.16. The Labute approximate surface area is 127 Å². The van der Waals surface area contributed by atoms with Crippen molar-refractivity contribution in [2.75, 3.05) is 39.5 Å². The molecule has 0 radical (unpaired) electrons. The van der Waals surface area contributed by atoms with Crippen LogP contribution in [0.4, 0.5) is 0 Å². The molecule has 1 fully saturated rings. The highest BCUT2D eigenvalue weighted by atomic mass is 16.5. The summed E-state index contributed by atoms with van der Waals surface area (Å²) in [5.41, 5.74) is 2.34. The predicted octanol–water partition coefficient (Wildman–Crippen LogP) is 2.16. The number of para-hydroxylation sites is 1. The first-order chi connectivity index (χ1) is 10.2. The van der Waals surface area contributed by atoms with Crippen LogP contribution in [0.3, 0.4) is 0 Å². The molecule has 0 aliphatic carbocycles. The Hall–Kier alpha value is -1.10. The van der Waals surface area contributed by atoms with Gasteiger partial charge in [-0.05, 0) is 37.8 Å². The first kappa shape index (κ1) is 16.3. The maximum atomic E-state index is 9.45. The standard InChI is InChI=1S/C17H27NO3/c1-14-4-3-5-15(2)17(14)21-13-12-20-11-10-18-8-6-16(19)7-9-18/h3-5,16,19H,6-13H2,1-2H3. The monoisotopic (exact) mass is 293 g/mol. The first-order valence-electron chi connectivity index (χ1n) is 7.84. The van der Waals surface area contributed by atoms with Gasteiger partial charge in [0.15, 0.2) is 0 Å². The zero-order valence-electron chi connectivity index (χ0n) is 13.2. The summed E-state index contributed by atoms with van der Waals surface area (Å²) < 4.78 is 11.4. The predicted molar refractivity (Wildman–Crippen MR) is 83.9 cm³/mol. The number of benzene rings is 1. The summed E-state index contributed by atoms with van der Waals surface area (Å²) in [5.74, 6) is 0.978. The van der Waals surface area contributed by atoms with Gasteiger partial charge in [-0.3, -0.25) is 0 Å². The van der Waals surface area contributed by atoms with Crippen LogP contribution in [0.25, 0.3) is 0 Å². The number of aryl methyl sites for hydroxylation is 2. The molecule has 2 rings (SSSR count). The van der Waals surface area contributed by atoms with E-state index in [4.69, 9.17) is 9.47 Å². The lowest BCUT2D eigenvalue weighted by Crippen LogP contribution is -2.37. The molecule has 1 saturated heterocycles. The second-order valence-electron chi connectivity index (χ2n) is 5.75. The molecule has 0 bridgehead atoms. The van der Waals surface area contributed by atoms with Gasteiger partial charge in [0.05, 0.1) is 19.3 Å². The average Bonchev–Trinajstić information content (AvgIpc) is 2.47. The molecule has 4 heteroatoms. The summed E-state index contributed by atoms with van der Waals surface area (Å²) in [7, 11) is 0. The minimum Gasteiger partial charge on any atom is -0.491 e. The molecule has 21 heavy (non-hydrogen) atoms. The van der Waals surface area contributed by atoms with Crippen LogP contribution < -0.4 is 4.74 Å². The fourth-order valence-electron chi connectivity index (χ4n) is 2.67. The molecule has 0 amide bonds. The molecule has 0 saturated carbocycles. The van der Waals surface area contributed by atoms with E-state index in [1.54, 1.807) is 0 Å². The Morgan fingerprint density at radius 3 is 2.43 bits per heavy atom. The van der Waals surface area contributed by atoms with Crippen molar-refractivity contribution in [1.29, 1.82) is 0 Å². The van der Waals surface area contributed by atoms with Crippen LogP contribution in [-0.4, -0.2) is 55.6 Å². The minimum absolute atomic E-state index is 0.104. The van der Waals surface area contributed by atoms with Gasteiger partial charge in [-0.25, -0.2) is 0 Å². The highest BCUT2D eigenvalue weighted by Crippen LogP contribution is 2.21. The third kappa shape index (κ3) is 5.30. The van der Waals surface area contributed by atoms with Crippen LogP contribution in [0.2, 0.25) is 0 Å². The van der Waals surface area contributed by atoms with Gasteiger partial charge in [-0.1, -0.05) is 18.2 Å². The molecular formula is C17H27NO3. The molecular weight excluding hydrogens is 266 g/mol. The summed E-state index contributed by atoms with van der Waals surface area (Å²) in [5, 5.41) is 9.45. The Kier molecular flexibility index (Phi) is 6.49. The molecule has 0 aromatic heterocycles. The lowest BCUT2D eigenvalue weighted by Gasteiger charge is -2.29. The van der Waals surface area contributed by atoms with Crippen LogP contribution in [0.15, 0.2) is 18.2 Å². The van der Waals surface area contributed by atoms with Gasteiger partial charge >= 0.3 is 0 Å². The van der Waals surface area contributed by atoms with E-state index in [9.17, 15) is 5.11 Å². The van der Waals surface area contributed by atoms with Gasteiger partial charge in [-0.2, -0.15) is 0 Å². The number of rotatable bonds is 7. The summed E-state index contributed by atoms with van der Waals surface area (Å²) in [6.07, 6.45) is 1.67. The van der Waals surface area contributed by atoms with E-state index in [0.717, 1.165) is 44.8 Å². The van der Waals surface area contributed by atoms with Crippen molar-refractivity contribution in [2.24, 2.45) is 0 Å². The number of hydrogen-bond acceptors (Lipinski definition) is 4. The van der Waals surface area contributed by atoms with E-state index in [2.05, 4.69) is 30.9 Å². The second kappa shape index (κ2) is 8.37. The Bertz CT molecular complexity index is 408. The highest BCUT2D eigenvalue weighted by molar-refractivity contribution is 5.39. The molecule has 4 nitrogen and oxygen atoms in total. The van der Waals surface area contributed by atoms with Crippen LogP contribution >= 0.6 is 0 Å². The summed E-state index contributed by atoms with van der Waals surface area (Å²) in [6, 6.07) is 6.17. The smallest absolute Gasteiger partial charge is 0.125 e.